The van der Waals surface area contributed by atoms with Crippen molar-refractivity contribution in [3.63, 3.8) is 0 Å². The summed E-state index contributed by atoms with van der Waals surface area (Å²) in [7, 11) is 0. The van der Waals surface area contributed by atoms with Crippen molar-refractivity contribution in [2.45, 2.75) is 19.9 Å². The van der Waals surface area contributed by atoms with Gasteiger partial charge in [-0.3, -0.25) is 10.1 Å². The quantitative estimate of drug-likeness (QED) is 0.476. The Labute approximate surface area is 148 Å². The van der Waals surface area contributed by atoms with Gasteiger partial charge in [0.2, 0.25) is 5.95 Å². The maximum atomic E-state index is 11.6. The number of carbonyl (C=O) groups excluding carboxylic acids is 1. The van der Waals surface area contributed by atoms with Gasteiger partial charge in [-0.15, -0.1) is 0 Å². The Morgan fingerprint density at radius 3 is 2.50 bits per heavy atom. The highest BCUT2D eigenvalue weighted by atomic mass is 16.4. The number of rotatable bonds is 5. The summed E-state index contributed by atoms with van der Waals surface area (Å²) < 4.78 is 0. The summed E-state index contributed by atoms with van der Waals surface area (Å²) in [5, 5.41) is 17.6. The Bertz CT molecular complexity index is 949. The van der Waals surface area contributed by atoms with E-state index in [0.29, 0.717) is 23.1 Å². The number of imide groups is 1. The lowest BCUT2D eigenvalue weighted by atomic mass is 10.2. The van der Waals surface area contributed by atoms with Crippen LogP contribution in [0, 0.1) is 0 Å². The largest absolute Gasteiger partial charge is 0.465 e. The maximum Gasteiger partial charge on any atom is 0.411 e. The molecule has 3 aromatic rings. The van der Waals surface area contributed by atoms with Gasteiger partial charge in [-0.2, -0.15) is 9.97 Å². The Hall–Kier alpha value is -3.62. The van der Waals surface area contributed by atoms with Crippen LogP contribution in [0.25, 0.3) is 11.0 Å². The van der Waals surface area contributed by atoms with Gasteiger partial charge in [0.25, 0.3) is 5.91 Å². The highest BCUT2D eigenvalue weighted by molar-refractivity contribution is 6.02. The van der Waals surface area contributed by atoms with Crippen LogP contribution in [0.3, 0.4) is 0 Å². The minimum atomic E-state index is -1.39. The molecule has 0 unspecified atom stereocenters. The minimum absolute atomic E-state index is 0.211. The molecule has 0 radical (unpaired) electrons. The zero-order chi connectivity index (χ0) is 18.7. The van der Waals surface area contributed by atoms with E-state index in [1.165, 1.54) is 12.1 Å². The molecular weight excluding hydrogens is 336 g/mol. The van der Waals surface area contributed by atoms with Gasteiger partial charge in [0, 0.05) is 23.5 Å². The molecule has 9 heteroatoms. The number of nitrogens with one attached hydrogen (secondary N) is 4. The Morgan fingerprint density at radius 1 is 1.12 bits per heavy atom. The van der Waals surface area contributed by atoms with Gasteiger partial charge in [-0.1, -0.05) is 0 Å². The van der Waals surface area contributed by atoms with Gasteiger partial charge in [0.05, 0.1) is 5.39 Å². The lowest BCUT2D eigenvalue weighted by molar-refractivity contribution is 0.0948. The van der Waals surface area contributed by atoms with Crippen molar-refractivity contribution >= 4 is 40.5 Å². The highest BCUT2D eigenvalue weighted by Crippen LogP contribution is 2.23. The predicted molar refractivity (Wildman–Crippen MR) is 97.9 cm³/mol. The molecule has 0 aliphatic heterocycles. The van der Waals surface area contributed by atoms with Crippen molar-refractivity contribution in [1.82, 2.24) is 20.3 Å². The summed E-state index contributed by atoms with van der Waals surface area (Å²) in [6, 6.07) is 8.44. The first-order valence-electron chi connectivity index (χ1n) is 7.95. The lowest BCUT2D eigenvalue weighted by Crippen LogP contribution is -2.28. The normalized spacial score (nSPS) is 10.7. The van der Waals surface area contributed by atoms with E-state index < -0.39 is 12.0 Å². The van der Waals surface area contributed by atoms with E-state index in [4.69, 9.17) is 5.11 Å². The van der Waals surface area contributed by atoms with Gasteiger partial charge in [0.1, 0.15) is 11.5 Å². The number of hydrogen-bond donors (Lipinski definition) is 5. The second-order valence-corrected chi connectivity index (χ2v) is 5.90. The molecular formula is C17H18N6O3. The van der Waals surface area contributed by atoms with Gasteiger partial charge < -0.3 is 20.7 Å². The number of carboxylic acid groups (broad SMARTS) is 1. The average Bonchev–Trinajstić information content (AvgIpc) is 3.03. The van der Waals surface area contributed by atoms with Crippen LogP contribution in [0.4, 0.5) is 22.2 Å². The first-order valence-corrected chi connectivity index (χ1v) is 7.95. The van der Waals surface area contributed by atoms with Gasteiger partial charge in [-0.05, 0) is 44.2 Å². The average molecular weight is 354 g/mol. The number of carbonyl (C=O) groups is 2. The third kappa shape index (κ3) is 3.89. The molecule has 2 heterocycles. The van der Waals surface area contributed by atoms with Crippen molar-refractivity contribution in [2.75, 3.05) is 10.6 Å². The van der Waals surface area contributed by atoms with Crippen molar-refractivity contribution in [1.29, 1.82) is 0 Å². The molecule has 0 spiro atoms. The molecule has 0 saturated heterocycles. The van der Waals surface area contributed by atoms with E-state index >= 15 is 0 Å². The van der Waals surface area contributed by atoms with Crippen LogP contribution in [0.15, 0.2) is 36.5 Å². The molecule has 2 aromatic heterocycles. The van der Waals surface area contributed by atoms with Crippen molar-refractivity contribution in [3.05, 3.63) is 42.1 Å². The van der Waals surface area contributed by atoms with Crippen LogP contribution < -0.4 is 16.0 Å². The summed E-state index contributed by atoms with van der Waals surface area (Å²) >= 11 is 0. The number of aromatic amines is 1. The fourth-order valence-electron chi connectivity index (χ4n) is 2.38. The summed E-state index contributed by atoms with van der Waals surface area (Å²) in [4.78, 5) is 34.1. The second kappa shape index (κ2) is 7.09. The van der Waals surface area contributed by atoms with Crippen molar-refractivity contribution in [3.8, 4) is 0 Å². The zero-order valence-corrected chi connectivity index (χ0v) is 14.2. The molecule has 3 rings (SSSR count). The second-order valence-electron chi connectivity index (χ2n) is 5.90. The highest BCUT2D eigenvalue weighted by Gasteiger charge is 2.11. The summed E-state index contributed by atoms with van der Waals surface area (Å²) in [6.07, 6.45) is 0.403. The Balaban J connectivity index is 1.82. The number of benzene rings is 1. The molecule has 0 saturated carbocycles. The molecule has 0 aliphatic rings. The number of hydrogen-bond acceptors (Lipinski definition) is 6. The first kappa shape index (κ1) is 17.2. The van der Waals surface area contributed by atoms with Crippen molar-refractivity contribution < 1.29 is 14.7 Å². The first-order chi connectivity index (χ1) is 12.4. The molecule has 134 valence electrons. The molecule has 9 nitrogen and oxygen atoms in total. The third-order valence-electron chi connectivity index (χ3n) is 3.46. The van der Waals surface area contributed by atoms with E-state index in [1.807, 2.05) is 19.9 Å². The fraction of sp³-hybridized carbons (Fsp3) is 0.176. The monoisotopic (exact) mass is 354 g/mol. The fourth-order valence-corrected chi connectivity index (χ4v) is 2.38. The minimum Gasteiger partial charge on any atom is -0.465 e. The number of H-pyrrole nitrogens is 1. The zero-order valence-electron chi connectivity index (χ0n) is 14.2. The molecule has 2 amide bonds. The van der Waals surface area contributed by atoms with Crippen LogP contribution in [0.1, 0.15) is 24.2 Å². The summed E-state index contributed by atoms with van der Waals surface area (Å²) in [6.45, 7) is 4.04. The maximum absolute atomic E-state index is 11.6. The molecule has 1 aromatic carbocycles. The number of fused-ring (bicyclic) bond motifs is 1. The van der Waals surface area contributed by atoms with Crippen LogP contribution >= 0.6 is 0 Å². The van der Waals surface area contributed by atoms with E-state index in [-0.39, 0.29) is 11.6 Å². The SMILES string of the molecule is CC(C)Nc1nc(Nc2ccc(C(=O)NC(=O)O)cc2)nc2[nH]ccc12. The molecule has 0 bridgehead atoms. The topological polar surface area (TPSA) is 132 Å². The Morgan fingerprint density at radius 2 is 1.85 bits per heavy atom. The van der Waals surface area contributed by atoms with E-state index in [0.717, 1.165) is 5.39 Å². The smallest absolute Gasteiger partial charge is 0.411 e. The molecule has 0 aliphatic carbocycles. The Kier molecular flexibility index (Phi) is 4.70. The number of amides is 2. The molecule has 0 fully saturated rings. The van der Waals surface area contributed by atoms with Crippen molar-refractivity contribution in [2.24, 2.45) is 0 Å². The number of anilines is 3. The van der Waals surface area contributed by atoms with Crippen LogP contribution in [-0.4, -0.2) is 38.1 Å². The van der Waals surface area contributed by atoms with E-state index in [9.17, 15) is 9.59 Å². The van der Waals surface area contributed by atoms with Crippen LogP contribution in [-0.2, 0) is 0 Å². The van der Waals surface area contributed by atoms with E-state index in [1.54, 1.807) is 23.6 Å². The standard InChI is InChI=1S/C17H18N6O3/c1-9(2)19-14-12-7-8-18-13(12)21-16(22-14)20-11-5-3-10(4-6-11)15(24)23-17(25)26/h3-9H,1-2H3,(H,23,24)(H,25,26)(H3,18,19,20,21,22). The lowest BCUT2D eigenvalue weighted by Gasteiger charge is -2.12. The van der Waals surface area contributed by atoms with E-state index in [2.05, 4.69) is 25.6 Å². The van der Waals surface area contributed by atoms with Gasteiger partial charge in [-0.25, -0.2) is 4.79 Å². The van der Waals surface area contributed by atoms with Gasteiger partial charge >= 0.3 is 6.09 Å². The predicted octanol–water partition coefficient (Wildman–Crippen LogP) is 2.93. The summed E-state index contributed by atoms with van der Waals surface area (Å²) in [5.41, 5.74) is 1.60. The third-order valence-corrected chi connectivity index (χ3v) is 3.46. The number of nitrogens with zero attached hydrogens (tertiary/aromatic N) is 2. The van der Waals surface area contributed by atoms with Gasteiger partial charge in [0.15, 0.2) is 0 Å². The van der Waals surface area contributed by atoms with Crippen LogP contribution in [0.5, 0.6) is 0 Å². The van der Waals surface area contributed by atoms with Crippen LogP contribution in [0.2, 0.25) is 0 Å². The number of aromatic nitrogens is 3. The molecule has 5 N–H and O–H groups in total. The molecule has 26 heavy (non-hydrogen) atoms. The summed E-state index contributed by atoms with van der Waals surface area (Å²) in [5.74, 6) is 0.425. The molecule has 0 atom stereocenters.